The van der Waals surface area contributed by atoms with Crippen molar-refractivity contribution in [3.05, 3.63) is 58.5 Å². The molecular formula is C21H20ClFN4O3. The highest BCUT2D eigenvalue weighted by molar-refractivity contribution is 6.34. The summed E-state index contributed by atoms with van der Waals surface area (Å²) in [6.45, 7) is 3.96. The smallest absolute Gasteiger partial charge is 0.228 e. The summed E-state index contributed by atoms with van der Waals surface area (Å²) in [5.41, 5.74) is 2.52. The van der Waals surface area contributed by atoms with Gasteiger partial charge in [0.25, 0.3) is 0 Å². The van der Waals surface area contributed by atoms with E-state index in [0.717, 1.165) is 22.7 Å². The first-order valence-corrected chi connectivity index (χ1v) is 10.1. The molecule has 1 aromatic heterocycles. The highest BCUT2D eigenvalue weighted by atomic mass is 35.5. The second kappa shape index (κ2) is 7.68. The number of fused-ring (bicyclic) bond motifs is 2. The number of halogens is 2. The third-order valence-corrected chi connectivity index (χ3v) is 5.70. The van der Waals surface area contributed by atoms with Crippen molar-refractivity contribution >= 4 is 23.0 Å². The molecule has 0 bridgehead atoms. The molecule has 0 saturated carbocycles. The molecule has 3 aromatic rings. The van der Waals surface area contributed by atoms with Crippen LogP contribution in [0.25, 0.3) is 0 Å². The minimum Gasteiger partial charge on any atom is -0.490 e. The van der Waals surface area contributed by atoms with E-state index in [9.17, 15) is 4.39 Å². The number of nitrogens with one attached hydrogen (secondary N) is 1. The number of hydrogen-bond donors (Lipinski definition) is 1. The summed E-state index contributed by atoms with van der Waals surface area (Å²) in [7, 11) is 0. The van der Waals surface area contributed by atoms with Gasteiger partial charge in [0, 0.05) is 19.2 Å². The van der Waals surface area contributed by atoms with Crippen LogP contribution in [0, 0.1) is 12.7 Å². The van der Waals surface area contributed by atoms with E-state index in [1.54, 1.807) is 13.0 Å². The Labute approximate surface area is 177 Å². The van der Waals surface area contributed by atoms with Crippen LogP contribution in [0.4, 0.5) is 15.8 Å². The Morgan fingerprint density at radius 3 is 2.97 bits per heavy atom. The first-order valence-electron chi connectivity index (χ1n) is 9.74. The molecule has 0 saturated heterocycles. The minimum absolute atomic E-state index is 0.0841. The number of anilines is 2. The molecule has 0 radical (unpaired) electrons. The molecule has 0 aliphatic carbocycles. The number of ether oxygens (including phenoxy) is 2. The Morgan fingerprint density at radius 2 is 2.13 bits per heavy atom. The molecule has 2 aliphatic heterocycles. The van der Waals surface area contributed by atoms with Crippen molar-refractivity contribution in [1.29, 1.82) is 0 Å². The van der Waals surface area contributed by atoms with Gasteiger partial charge in [0.05, 0.1) is 28.9 Å². The van der Waals surface area contributed by atoms with Gasteiger partial charge in [0.1, 0.15) is 30.5 Å². The predicted octanol–water partition coefficient (Wildman–Crippen LogP) is 3.99. The molecule has 0 amide bonds. The first kappa shape index (κ1) is 19.0. The minimum atomic E-state index is -0.340. The van der Waals surface area contributed by atoms with E-state index in [4.69, 9.17) is 25.6 Å². The quantitative estimate of drug-likeness (QED) is 0.671. The number of aromatic nitrogens is 2. The maximum absolute atomic E-state index is 13.8. The zero-order valence-electron chi connectivity index (χ0n) is 16.3. The SMILES string of the molecule is Cc1noc(C[C@H]2COc3cc(F)ccc3N2Cc2ccc3c(c2Cl)NCCO3)n1. The summed E-state index contributed by atoms with van der Waals surface area (Å²) in [5.74, 6) is 2.02. The lowest BCUT2D eigenvalue weighted by Crippen LogP contribution is -2.44. The Kier molecular flexibility index (Phi) is 4.86. The van der Waals surface area contributed by atoms with Gasteiger partial charge in [0.15, 0.2) is 5.82 Å². The third kappa shape index (κ3) is 3.52. The Balaban J connectivity index is 1.50. The van der Waals surface area contributed by atoms with E-state index < -0.39 is 0 Å². The average Bonchev–Trinajstić information content (AvgIpc) is 3.16. The number of benzene rings is 2. The molecule has 156 valence electrons. The highest BCUT2D eigenvalue weighted by Crippen LogP contribution is 2.40. The maximum atomic E-state index is 13.8. The number of aryl methyl sites for hydroxylation is 1. The molecule has 1 N–H and O–H groups in total. The standard InChI is InChI=1S/C21H20ClFN4O3/c1-12-25-19(30-26-12)9-15-11-29-18-8-14(23)3-4-16(18)27(15)10-13-2-5-17-21(20(13)22)24-6-7-28-17/h2-5,8,15,24H,6-7,9-11H2,1H3/t15-/m0/s1. The highest BCUT2D eigenvalue weighted by Gasteiger charge is 2.31. The van der Waals surface area contributed by atoms with Crippen molar-refractivity contribution in [2.75, 3.05) is 30.0 Å². The molecule has 0 fully saturated rings. The summed E-state index contributed by atoms with van der Waals surface area (Å²) in [6, 6.07) is 8.35. The zero-order chi connectivity index (χ0) is 20.7. The zero-order valence-corrected chi connectivity index (χ0v) is 17.1. The van der Waals surface area contributed by atoms with Gasteiger partial charge in [-0.25, -0.2) is 4.39 Å². The molecular weight excluding hydrogens is 411 g/mol. The summed E-state index contributed by atoms with van der Waals surface area (Å²) in [6.07, 6.45) is 0.502. The van der Waals surface area contributed by atoms with E-state index in [0.29, 0.717) is 55.2 Å². The van der Waals surface area contributed by atoms with Gasteiger partial charge in [0.2, 0.25) is 5.89 Å². The second-order valence-corrected chi connectivity index (χ2v) is 7.71. The normalized spacial score (nSPS) is 17.4. The fourth-order valence-electron chi connectivity index (χ4n) is 3.85. The van der Waals surface area contributed by atoms with Crippen LogP contribution in [-0.2, 0) is 13.0 Å². The van der Waals surface area contributed by atoms with Crippen molar-refractivity contribution < 1.29 is 18.4 Å². The summed E-state index contributed by atoms with van der Waals surface area (Å²) in [4.78, 5) is 6.47. The van der Waals surface area contributed by atoms with Crippen LogP contribution in [0.15, 0.2) is 34.9 Å². The Morgan fingerprint density at radius 1 is 1.23 bits per heavy atom. The number of nitrogens with zero attached hydrogens (tertiary/aromatic N) is 3. The van der Waals surface area contributed by atoms with E-state index in [-0.39, 0.29) is 11.9 Å². The summed E-state index contributed by atoms with van der Waals surface area (Å²) in [5, 5.41) is 7.80. The number of rotatable bonds is 4. The van der Waals surface area contributed by atoms with Crippen LogP contribution < -0.4 is 19.7 Å². The van der Waals surface area contributed by atoms with Crippen molar-refractivity contribution in [1.82, 2.24) is 10.1 Å². The molecule has 5 rings (SSSR count). The van der Waals surface area contributed by atoms with Gasteiger partial charge in [-0.2, -0.15) is 4.98 Å². The van der Waals surface area contributed by atoms with Gasteiger partial charge < -0.3 is 24.2 Å². The monoisotopic (exact) mass is 430 g/mol. The van der Waals surface area contributed by atoms with Crippen LogP contribution in [0.2, 0.25) is 5.02 Å². The van der Waals surface area contributed by atoms with Crippen molar-refractivity contribution in [2.24, 2.45) is 0 Å². The summed E-state index contributed by atoms with van der Waals surface area (Å²) < 4.78 is 30.6. The molecule has 9 heteroatoms. The van der Waals surface area contributed by atoms with Crippen molar-refractivity contribution in [2.45, 2.75) is 25.9 Å². The first-order chi connectivity index (χ1) is 14.6. The van der Waals surface area contributed by atoms with Crippen molar-refractivity contribution in [3.8, 4) is 11.5 Å². The van der Waals surface area contributed by atoms with Crippen LogP contribution in [-0.4, -0.2) is 35.9 Å². The van der Waals surface area contributed by atoms with Crippen molar-refractivity contribution in [3.63, 3.8) is 0 Å². The Hall–Kier alpha value is -3.00. The fourth-order valence-corrected chi connectivity index (χ4v) is 4.13. The van der Waals surface area contributed by atoms with E-state index >= 15 is 0 Å². The molecule has 30 heavy (non-hydrogen) atoms. The van der Waals surface area contributed by atoms with Crippen LogP contribution in [0.3, 0.4) is 0 Å². The molecule has 0 spiro atoms. The lowest BCUT2D eigenvalue weighted by molar-refractivity contribution is 0.247. The average molecular weight is 431 g/mol. The van der Waals surface area contributed by atoms with Gasteiger partial charge in [-0.3, -0.25) is 0 Å². The second-order valence-electron chi connectivity index (χ2n) is 7.33. The number of hydrogen-bond acceptors (Lipinski definition) is 7. The van der Waals surface area contributed by atoms with E-state index in [1.165, 1.54) is 12.1 Å². The van der Waals surface area contributed by atoms with Gasteiger partial charge in [-0.05, 0) is 30.7 Å². The maximum Gasteiger partial charge on any atom is 0.228 e. The molecule has 0 unspecified atom stereocenters. The van der Waals surface area contributed by atoms with E-state index in [2.05, 4.69) is 20.4 Å². The van der Waals surface area contributed by atoms with Gasteiger partial charge >= 0.3 is 0 Å². The van der Waals surface area contributed by atoms with E-state index in [1.807, 2.05) is 12.1 Å². The Bertz CT molecular complexity index is 1090. The fraction of sp³-hybridized carbons (Fsp3) is 0.333. The summed E-state index contributed by atoms with van der Waals surface area (Å²) >= 11 is 6.71. The largest absolute Gasteiger partial charge is 0.490 e. The molecule has 2 aromatic carbocycles. The van der Waals surface area contributed by atoms with Gasteiger partial charge in [-0.15, -0.1) is 0 Å². The molecule has 3 heterocycles. The lowest BCUT2D eigenvalue weighted by atomic mass is 10.1. The molecule has 1 atom stereocenters. The van der Waals surface area contributed by atoms with Crippen LogP contribution in [0.1, 0.15) is 17.3 Å². The van der Waals surface area contributed by atoms with Gasteiger partial charge in [-0.1, -0.05) is 22.8 Å². The van der Waals surface area contributed by atoms with Crippen LogP contribution >= 0.6 is 11.6 Å². The predicted molar refractivity (Wildman–Crippen MR) is 110 cm³/mol. The van der Waals surface area contributed by atoms with Crippen LogP contribution in [0.5, 0.6) is 11.5 Å². The lowest BCUT2D eigenvalue weighted by Gasteiger charge is -2.38. The molecule has 7 nitrogen and oxygen atoms in total. The third-order valence-electron chi connectivity index (χ3n) is 5.27. The topological polar surface area (TPSA) is 72.7 Å². The molecule has 2 aliphatic rings.